The van der Waals surface area contributed by atoms with E-state index in [0.29, 0.717) is 25.1 Å². The Morgan fingerprint density at radius 3 is 1.86 bits per heavy atom. The lowest BCUT2D eigenvalue weighted by Crippen LogP contribution is -2.48. The molecule has 0 saturated carbocycles. The average molecular weight is 633 g/mol. The maximum absolute atomic E-state index is 14.9. The number of nitrogens with zero attached hydrogens (tertiary/aromatic N) is 2. The van der Waals surface area contributed by atoms with Gasteiger partial charge < -0.3 is 9.80 Å². The minimum Gasteiger partial charge on any atom is -0.340 e. The van der Waals surface area contributed by atoms with Crippen molar-refractivity contribution >= 4 is 25.6 Å². The lowest BCUT2D eigenvalue weighted by Gasteiger charge is -2.38. The van der Waals surface area contributed by atoms with Crippen LogP contribution in [0.3, 0.4) is 0 Å². The van der Waals surface area contributed by atoms with Gasteiger partial charge in [-0.1, -0.05) is 30.3 Å². The molecule has 0 unspecified atom stereocenters. The lowest BCUT2D eigenvalue weighted by atomic mass is 9.87. The Kier molecular flexibility index (Phi) is 10.4. The molecule has 1 fully saturated rings. The molecule has 3 aromatic carbocycles. The number of carbonyl (C=O) groups excluding carboxylic acids is 1. The van der Waals surface area contributed by atoms with Crippen molar-refractivity contribution < 1.29 is 30.4 Å². The highest BCUT2D eigenvalue weighted by molar-refractivity contribution is 7.91. The molecule has 0 radical (unpaired) electrons. The number of likely N-dealkylation sites (N-methyl/N-ethyl adjacent to an activating group) is 1. The van der Waals surface area contributed by atoms with E-state index in [1.165, 1.54) is 42.5 Å². The van der Waals surface area contributed by atoms with Crippen LogP contribution in [0.4, 0.5) is 8.78 Å². The fourth-order valence-corrected chi connectivity index (χ4v) is 7.06. The Balaban J connectivity index is 1.40. The first-order chi connectivity index (χ1) is 20.3. The molecule has 1 heterocycles. The fourth-order valence-electron chi connectivity index (χ4n) is 5.80. The molecule has 7 nitrogen and oxygen atoms in total. The highest BCUT2D eigenvalue weighted by atomic mass is 32.2. The molecule has 0 aliphatic carbocycles. The van der Waals surface area contributed by atoms with Crippen LogP contribution in [0.25, 0.3) is 0 Å². The number of rotatable bonds is 11. The quantitative estimate of drug-likeness (QED) is 0.300. The van der Waals surface area contributed by atoms with Crippen LogP contribution in [0.1, 0.15) is 48.8 Å². The number of halogens is 2. The maximum atomic E-state index is 14.9. The van der Waals surface area contributed by atoms with Crippen LogP contribution in [0.2, 0.25) is 0 Å². The number of sulfone groups is 2. The third-order valence-corrected chi connectivity index (χ3v) is 10.4. The largest absolute Gasteiger partial charge is 0.340 e. The molecule has 43 heavy (non-hydrogen) atoms. The van der Waals surface area contributed by atoms with E-state index in [1.54, 1.807) is 24.3 Å². The van der Waals surface area contributed by atoms with Gasteiger partial charge in [-0.15, -0.1) is 0 Å². The highest BCUT2D eigenvalue weighted by Crippen LogP contribution is 2.33. The lowest BCUT2D eigenvalue weighted by molar-refractivity contribution is -0.133. The first-order valence-electron chi connectivity index (χ1n) is 14.3. The number of amides is 1. The standard InChI is InChI=1S/C32H38F2N2O5S2/c1-4-36(31(37)22-23-8-12-26(13-9-23)42(2,38)39)25-16-19-35(20-17-25)21-18-28(32-29(33)6-5-7-30(32)34)24-10-14-27(15-11-24)43(3,40)41/h5-15,25,28H,4,16-22H2,1-3H3/t28-/m1/s1. The van der Waals surface area contributed by atoms with Gasteiger partial charge in [0.25, 0.3) is 0 Å². The van der Waals surface area contributed by atoms with Crippen molar-refractivity contribution in [3.63, 3.8) is 0 Å². The zero-order valence-corrected chi connectivity index (χ0v) is 26.3. The van der Waals surface area contributed by atoms with E-state index in [-0.39, 0.29) is 33.7 Å². The molecular formula is C32H38F2N2O5S2. The summed E-state index contributed by atoms with van der Waals surface area (Å²) in [4.78, 5) is 17.6. The molecule has 1 saturated heterocycles. The van der Waals surface area contributed by atoms with Crippen LogP contribution >= 0.6 is 0 Å². The Labute approximate surface area is 253 Å². The second-order valence-corrected chi connectivity index (χ2v) is 15.2. The number of piperidine rings is 1. The summed E-state index contributed by atoms with van der Waals surface area (Å²) in [6, 6.07) is 16.4. The van der Waals surface area contributed by atoms with Gasteiger partial charge in [0.2, 0.25) is 5.91 Å². The summed E-state index contributed by atoms with van der Waals surface area (Å²) in [6.07, 6.45) is 4.40. The summed E-state index contributed by atoms with van der Waals surface area (Å²) in [5.41, 5.74) is 1.36. The van der Waals surface area contributed by atoms with E-state index in [2.05, 4.69) is 4.90 Å². The molecule has 232 valence electrons. The molecule has 11 heteroatoms. The molecule has 0 N–H and O–H groups in total. The number of hydrogen-bond acceptors (Lipinski definition) is 6. The molecule has 0 bridgehead atoms. The molecule has 1 amide bonds. The van der Waals surface area contributed by atoms with Crippen LogP contribution < -0.4 is 0 Å². The number of hydrogen-bond donors (Lipinski definition) is 0. The van der Waals surface area contributed by atoms with Crippen LogP contribution in [0.15, 0.2) is 76.5 Å². The Morgan fingerprint density at radius 2 is 1.37 bits per heavy atom. The van der Waals surface area contributed by atoms with Crippen molar-refractivity contribution in [1.82, 2.24) is 9.80 Å². The van der Waals surface area contributed by atoms with Crippen molar-refractivity contribution in [2.45, 2.75) is 54.4 Å². The minimum atomic E-state index is -3.41. The molecule has 1 aliphatic rings. The summed E-state index contributed by atoms with van der Waals surface area (Å²) < 4.78 is 77.1. The fraction of sp³-hybridized carbons (Fsp3) is 0.406. The maximum Gasteiger partial charge on any atom is 0.227 e. The van der Waals surface area contributed by atoms with E-state index in [9.17, 15) is 30.4 Å². The second-order valence-electron chi connectivity index (χ2n) is 11.2. The first kappa shape index (κ1) is 32.8. The summed E-state index contributed by atoms with van der Waals surface area (Å²) in [5, 5.41) is 0. The second kappa shape index (κ2) is 13.7. The van der Waals surface area contributed by atoms with Crippen LogP contribution in [-0.2, 0) is 30.9 Å². The van der Waals surface area contributed by atoms with Gasteiger partial charge in [-0.05, 0) is 80.3 Å². The third-order valence-electron chi connectivity index (χ3n) is 8.16. The Bertz CT molecular complexity index is 1620. The summed E-state index contributed by atoms with van der Waals surface area (Å²) >= 11 is 0. The third kappa shape index (κ3) is 8.27. The number of carbonyl (C=O) groups is 1. The SMILES string of the molecule is CCN(C(=O)Cc1ccc(S(C)(=O)=O)cc1)C1CCN(CC[C@H](c2ccc(S(C)(=O)=O)cc2)c2c(F)cccc2F)CC1. The molecule has 4 rings (SSSR count). The van der Waals surface area contributed by atoms with Gasteiger partial charge in [-0.25, -0.2) is 25.6 Å². The zero-order chi connectivity index (χ0) is 31.4. The summed E-state index contributed by atoms with van der Waals surface area (Å²) in [7, 11) is -6.71. The molecular weight excluding hydrogens is 594 g/mol. The summed E-state index contributed by atoms with van der Waals surface area (Å²) in [6.45, 7) is 4.52. The van der Waals surface area contributed by atoms with Gasteiger partial charge in [0.05, 0.1) is 16.2 Å². The molecule has 3 aromatic rings. The topological polar surface area (TPSA) is 91.8 Å². The number of benzene rings is 3. The van der Waals surface area contributed by atoms with Gasteiger partial charge in [-0.3, -0.25) is 4.79 Å². The molecule has 1 atom stereocenters. The van der Waals surface area contributed by atoms with Crippen LogP contribution in [0, 0.1) is 11.6 Å². The molecule has 0 spiro atoms. The van der Waals surface area contributed by atoms with Crippen molar-refractivity contribution in [3.05, 3.63) is 95.1 Å². The number of likely N-dealkylation sites (tertiary alicyclic amines) is 1. The van der Waals surface area contributed by atoms with Crippen molar-refractivity contribution in [2.24, 2.45) is 0 Å². The van der Waals surface area contributed by atoms with Gasteiger partial charge in [-0.2, -0.15) is 0 Å². The van der Waals surface area contributed by atoms with E-state index >= 15 is 0 Å². The van der Waals surface area contributed by atoms with E-state index in [0.717, 1.165) is 44.0 Å². The first-order valence-corrected chi connectivity index (χ1v) is 18.1. The molecule has 0 aromatic heterocycles. The highest BCUT2D eigenvalue weighted by Gasteiger charge is 2.29. The van der Waals surface area contributed by atoms with E-state index in [4.69, 9.17) is 0 Å². The van der Waals surface area contributed by atoms with E-state index in [1.807, 2.05) is 11.8 Å². The van der Waals surface area contributed by atoms with Gasteiger partial charge in [0.15, 0.2) is 19.7 Å². The van der Waals surface area contributed by atoms with Gasteiger partial charge in [0, 0.05) is 49.7 Å². The zero-order valence-electron chi connectivity index (χ0n) is 24.7. The van der Waals surface area contributed by atoms with Crippen molar-refractivity contribution in [3.8, 4) is 0 Å². The average Bonchev–Trinajstić information content (AvgIpc) is 2.95. The predicted molar refractivity (Wildman–Crippen MR) is 162 cm³/mol. The summed E-state index contributed by atoms with van der Waals surface area (Å²) in [5.74, 6) is -1.89. The van der Waals surface area contributed by atoms with Crippen LogP contribution in [-0.4, -0.2) is 77.3 Å². The molecule has 1 aliphatic heterocycles. The van der Waals surface area contributed by atoms with Gasteiger partial charge >= 0.3 is 0 Å². The van der Waals surface area contributed by atoms with Crippen LogP contribution in [0.5, 0.6) is 0 Å². The predicted octanol–water partition coefficient (Wildman–Crippen LogP) is 4.85. The van der Waals surface area contributed by atoms with Crippen molar-refractivity contribution in [2.75, 3.05) is 38.7 Å². The monoisotopic (exact) mass is 632 g/mol. The normalized spacial score (nSPS) is 15.7. The minimum absolute atomic E-state index is 0.0133. The van der Waals surface area contributed by atoms with Gasteiger partial charge in [0.1, 0.15) is 11.6 Å². The Hall–Kier alpha value is -3.15. The van der Waals surface area contributed by atoms with E-state index < -0.39 is 37.2 Å². The Morgan fingerprint density at radius 1 is 0.860 bits per heavy atom. The van der Waals surface area contributed by atoms with Crippen molar-refractivity contribution in [1.29, 1.82) is 0 Å². The smallest absolute Gasteiger partial charge is 0.227 e.